The third-order valence-corrected chi connectivity index (χ3v) is 7.07. The summed E-state index contributed by atoms with van der Waals surface area (Å²) in [4.78, 5) is 16.6. The predicted octanol–water partition coefficient (Wildman–Crippen LogP) is 4.71. The van der Waals surface area contributed by atoms with Crippen molar-refractivity contribution in [2.24, 2.45) is 0 Å². The SMILES string of the molecule is COc1cc(N2CCN(C(=O)Cn3nc(C(F)(F)F)c(Cl)c3C)CC2)c(C(C)N(C)S)cc1Cl. The van der Waals surface area contributed by atoms with E-state index >= 15 is 0 Å². The molecular formula is C21H26Cl2F3N5O2S. The molecule has 188 valence electrons. The number of thiol groups is 1. The molecule has 34 heavy (non-hydrogen) atoms. The number of anilines is 1. The van der Waals surface area contributed by atoms with Gasteiger partial charge in [0.1, 0.15) is 12.3 Å². The van der Waals surface area contributed by atoms with Crippen molar-refractivity contribution in [1.82, 2.24) is 19.0 Å². The summed E-state index contributed by atoms with van der Waals surface area (Å²) < 4.78 is 47.4. The Morgan fingerprint density at radius 3 is 2.38 bits per heavy atom. The minimum absolute atomic E-state index is 0.0447. The van der Waals surface area contributed by atoms with E-state index in [1.54, 1.807) is 16.3 Å². The van der Waals surface area contributed by atoms with E-state index in [4.69, 9.17) is 27.9 Å². The van der Waals surface area contributed by atoms with Gasteiger partial charge >= 0.3 is 6.18 Å². The number of amides is 1. The molecule has 1 aliphatic heterocycles. The van der Waals surface area contributed by atoms with Crippen LogP contribution in [0, 0.1) is 6.92 Å². The number of hydrogen-bond acceptors (Lipinski definition) is 6. The molecule has 2 aromatic rings. The number of nitrogens with zero attached hydrogens (tertiary/aromatic N) is 5. The molecule has 3 rings (SSSR count). The number of rotatable bonds is 6. The first-order valence-corrected chi connectivity index (χ1v) is 11.6. The van der Waals surface area contributed by atoms with Gasteiger partial charge in [0, 0.05) is 44.0 Å². The first-order valence-electron chi connectivity index (χ1n) is 10.5. The van der Waals surface area contributed by atoms with Crippen molar-refractivity contribution in [1.29, 1.82) is 0 Å². The van der Waals surface area contributed by atoms with Gasteiger partial charge in [-0.3, -0.25) is 9.48 Å². The van der Waals surface area contributed by atoms with E-state index in [9.17, 15) is 18.0 Å². The van der Waals surface area contributed by atoms with E-state index in [0.717, 1.165) is 15.9 Å². The van der Waals surface area contributed by atoms with Crippen molar-refractivity contribution >= 4 is 47.6 Å². The van der Waals surface area contributed by atoms with Gasteiger partial charge in [-0.1, -0.05) is 36.0 Å². The van der Waals surface area contributed by atoms with Gasteiger partial charge in [0.05, 0.1) is 22.8 Å². The number of hydrogen-bond donors (Lipinski definition) is 1. The zero-order valence-corrected chi connectivity index (χ0v) is 21.6. The van der Waals surface area contributed by atoms with Crippen molar-refractivity contribution in [3.8, 4) is 5.75 Å². The zero-order valence-electron chi connectivity index (χ0n) is 19.2. The maximum atomic E-state index is 13.1. The Kier molecular flexibility index (Phi) is 8.22. The summed E-state index contributed by atoms with van der Waals surface area (Å²) >= 11 is 16.6. The predicted molar refractivity (Wildman–Crippen MR) is 129 cm³/mol. The van der Waals surface area contributed by atoms with E-state index in [1.807, 2.05) is 26.1 Å². The number of alkyl halides is 3. The molecule has 2 heterocycles. The maximum Gasteiger partial charge on any atom is 0.436 e. The van der Waals surface area contributed by atoms with Gasteiger partial charge in [0.25, 0.3) is 0 Å². The summed E-state index contributed by atoms with van der Waals surface area (Å²) in [6.07, 6.45) is -4.68. The van der Waals surface area contributed by atoms with Crippen molar-refractivity contribution in [3.05, 3.63) is 39.1 Å². The van der Waals surface area contributed by atoms with Crippen LogP contribution in [0.15, 0.2) is 12.1 Å². The zero-order chi connectivity index (χ0) is 25.4. The average molecular weight is 540 g/mol. The van der Waals surface area contributed by atoms with Crippen LogP contribution in [0.1, 0.15) is 29.9 Å². The van der Waals surface area contributed by atoms with Gasteiger partial charge in [-0.25, -0.2) is 4.31 Å². The molecule has 7 nitrogen and oxygen atoms in total. The Bertz CT molecular complexity index is 1060. The van der Waals surface area contributed by atoms with Crippen LogP contribution < -0.4 is 9.64 Å². The fourth-order valence-electron chi connectivity index (χ4n) is 3.81. The molecule has 1 fully saturated rings. The number of carbonyl (C=O) groups is 1. The summed E-state index contributed by atoms with van der Waals surface area (Å²) in [7, 11) is 3.39. The molecule has 1 aromatic heterocycles. The number of methoxy groups -OCH3 is 1. The smallest absolute Gasteiger partial charge is 0.436 e. The molecule has 0 radical (unpaired) electrons. The van der Waals surface area contributed by atoms with Crippen LogP contribution in [-0.4, -0.2) is 65.2 Å². The van der Waals surface area contributed by atoms with Crippen LogP contribution in [0.3, 0.4) is 0 Å². The lowest BCUT2D eigenvalue weighted by Gasteiger charge is -2.38. The highest BCUT2D eigenvalue weighted by Crippen LogP contribution is 2.39. The van der Waals surface area contributed by atoms with E-state index in [1.165, 1.54) is 6.92 Å². The molecule has 0 spiro atoms. The standard InChI is InChI=1S/C21H26Cl2F3N5O2S/c1-12(28(3)34)14-9-15(22)17(33-4)10-16(14)29-5-7-30(8-6-29)18(32)11-31-13(2)19(23)20(27-31)21(24,25)26/h9-10,12,34H,5-8,11H2,1-4H3. The molecule has 1 amide bonds. The third kappa shape index (κ3) is 5.53. The summed E-state index contributed by atoms with van der Waals surface area (Å²) in [5.74, 6) is 0.215. The van der Waals surface area contributed by atoms with Crippen LogP contribution in [-0.2, 0) is 17.5 Å². The first kappa shape index (κ1) is 26.8. The van der Waals surface area contributed by atoms with Crippen LogP contribution in [0.4, 0.5) is 18.9 Å². The maximum absolute atomic E-state index is 13.1. The number of piperazine rings is 1. The molecule has 13 heteroatoms. The monoisotopic (exact) mass is 539 g/mol. The quantitative estimate of drug-likeness (QED) is 0.538. The lowest BCUT2D eigenvalue weighted by atomic mass is 10.0. The second-order valence-electron chi connectivity index (χ2n) is 8.07. The van der Waals surface area contributed by atoms with Gasteiger partial charge in [-0.2, -0.15) is 18.3 Å². The molecule has 1 atom stereocenters. The Hall–Kier alpha value is -1.82. The van der Waals surface area contributed by atoms with Crippen molar-refractivity contribution in [2.45, 2.75) is 32.6 Å². The molecular weight excluding hydrogens is 514 g/mol. The minimum Gasteiger partial charge on any atom is -0.495 e. The number of carbonyl (C=O) groups excluding carboxylic acids is 1. The fourth-order valence-corrected chi connectivity index (χ4v) is 4.42. The highest BCUT2D eigenvalue weighted by molar-refractivity contribution is 7.77. The average Bonchev–Trinajstić information content (AvgIpc) is 3.07. The highest BCUT2D eigenvalue weighted by Gasteiger charge is 2.38. The summed E-state index contributed by atoms with van der Waals surface area (Å²) in [5, 5.41) is 3.52. The van der Waals surface area contributed by atoms with E-state index in [2.05, 4.69) is 22.8 Å². The Balaban J connectivity index is 1.74. The molecule has 0 saturated carbocycles. The van der Waals surface area contributed by atoms with Crippen LogP contribution in [0.25, 0.3) is 0 Å². The fraction of sp³-hybridized carbons (Fsp3) is 0.524. The molecule has 1 aliphatic rings. The third-order valence-electron chi connectivity index (χ3n) is 5.97. The Morgan fingerprint density at radius 1 is 1.26 bits per heavy atom. The normalized spacial score (nSPS) is 15.7. The van der Waals surface area contributed by atoms with Gasteiger partial charge in [0.2, 0.25) is 5.91 Å². The molecule has 0 bridgehead atoms. The molecule has 0 N–H and O–H groups in total. The Morgan fingerprint density at radius 2 is 1.88 bits per heavy atom. The molecule has 1 unspecified atom stereocenters. The van der Waals surface area contributed by atoms with Crippen molar-refractivity contribution in [2.75, 3.05) is 45.2 Å². The van der Waals surface area contributed by atoms with E-state index in [0.29, 0.717) is 37.0 Å². The summed E-state index contributed by atoms with van der Waals surface area (Å²) in [5.41, 5.74) is 0.802. The van der Waals surface area contributed by atoms with Crippen LogP contribution >= 0.6 is 36.0 Å². The molecule has 1 aromatic carbocycles. The van der Waals surface area contributed by atoms with E-state index < -0.39 is 16.9 Å². The minimum atomic E-state index is -4.68. The van der Waals surface area contributed by atoms with Crippen molar-refractivity contribution < 1.29 is 22.7 Å². The second kappa shape index (κ2) is 10.4. The highest BCUT2D eigenvalue weighted by atomic mass is 35.5. The van der Waals surface area contributed by atoms with Gasteiger partial charge in [-0.15, -0.1) is 0 Å². The summed E-state index contributed by atoms with van der Waals surface area (Å²) in [6, 6.07) is 3.68. The van der Waals surface area contributed by atoms with Gasteiger partial charge in [0.15, 0.2) is 5.69 Å². The lowest BCUT2D eigenvalue weighted by molar-refractivity contribution is -0.142. The molecule has 1 saturated heterocycles. The van der Waals surface area contributed by atoms with Crippen molar-refractivity contribution in [3.63, 3.8) is 0 Å². The number of aromatic nitrogens is 2. The van der Waals surface area contributed by atoms with E-state index in [-0.39, 0.29) is 24.2 Å². The van der Waals surface area contributed by atoms with Gasteiger partial charge in [-0.05, 0) is 32.5 Å². The van der Waals surface area contributed by atoms with Gasteiger partial charge < -0.3 is 14.5 Å². The number of ether oxygens (including phenoxy) is 1. The number of halogens is 5. The number of benzene rings is 1. The first-order chi connectivity index (χ1) is 15.8. The largest absolute Gasteiger partial charge is 0.495 e. The van der Waals surface area contributed by atoms with Crippen LogP contribution in [0.5, 0.6) is 5.75 Å². The Labute approximate surface area is 211 Å². The lowest BCUT2D eigenvalue weighted by Crippen LogP contribution is -2.50. The summed E-state index contributed by atoms with van der Waals surface area (Å²) in [6.45, 7) is 4.94. The second-order valence-corrected chi connectivity index (χ2v) is 9.48. The topological polar surface area (TPSA) is 53.8 Å². The van der Waals surface area contributed by atoms with Crippen LogP contribution in [0.2, 0.25) is 10.0 Å². The molecule has 0 aliphatic carbocycles.